The van der Waals surface area contributed by atoms with E-state index in [0.29, 0.717) is 18.4 Å². The molecule has 2 atom stereocenters. The molecule has 1 amide bonds. The average Bonchev–Trinajstić information content (AvgIpc) is 2.88. The van der Waals surface area contributed by atoms with Crippen molar-refractivity contribution in [1.82, 2.24) is 5.32 Å². The third-order valence-corrected chi connectivity index (χ3v) is 3.80. The molecule has 2 unspecified atom stereocenters. The Morgan fingerprint density at radius 3 is 2.67 bits per heavy atom. The highest BCUT2D eigenvalue weighted by Gasteiger charge is 2.33. The Bertz CT molecular complexity index is 548. The van der Waals surface area contributed by atoms with Gasteiger partial charge in [-0.15, -0.1) is 0 Å². The molecule has 1 fully saturated rings. The second kappa shape index (κ2) is 6.65. The molecule has 1 aliphatic carbocycles. The van der Waals surface area contributed by atoms with Crippen LogP contribution in [0.25, 0.3) is 0 Å². The van der Waals surface area contributed by atoms with Gasteiger partial charge in [-0.25, -0.2) is 8.78 Å². The van der Waals surface area contributed by atoms with E-state index in [1.54, 1.807) is 0 Å². The molecule has 4 nitrogen and oxygen atoms in total. The summed E-state index contributed by atoms with van der Waals surface area (Å²) in [5, 5.41) is 11.8. The Labute approximate surface area is 121 Å². The summed E-state index contributed by atoms with van der Waals surface area (Å²) in [5.41, 5.74) is 0.533. The first-order chi connectivity index (χ1) is 9.97. The molecule has 6 heteroatoms. The van der Waals surface area contributed by atoms with Gasteiger partial charge in [0.05, 0.1) is 5.92 Å². The van der Waals surface area contributed by atoms with Gasteiger partial charge in [-0.3, -0.25) is 9.59 Å². The predicted molar refractivity (Wildman–Crippen MR) is 71.6 cm³/mol. The van der Waals surface area contributed by atoms with Gasteiger partial charge in [-0.1, -0.05) is 12.5 Å². The van der Waals surface area contributed by atoms with Crippen LogP contribution in [0.4, 0.5) is 8.78 Å². The van der Waals surface area contributed by atoms with E-state index in [1.165, 1.54) is 6.07 Å². The molecule has 1 aliphatic rings. The van der Waals surface area contributed by atoms with Gasteiger partial charge in [0, 0.05) is 12.5 Å². The number of hydrogen-bond donors (Lipinski definition) is 2. The van der Waals surface area contributed by atoms with Crippen LogP contribution in [-0.2, 0) is 16.0 Å². The van der Waals surface area contributed by atoms with Crippen LogP contribution in [0.3, 0.4) is 0 Å². The number of halogens is 2. The topological polar surface area (TPSA) is 66.4 Å². The number of benzene rings is 1. The van der Waals surface area contributed by atoms with E-state index in [2.05, 4.69) is 5.32 Å². The summed E-state index contributed by atoms with van der Waals surface area (Å²) in [4.78, 5) is 22.8. The molecule has 0 aliphatic heterocycles. The summed E-state index contributed by atoms with van der Waals surface area (Å²) in [6, 6.07) is 3.19. The minimum atomic E-state index is -0.936. The average molecular weight is 297 g/mol. The Morgan fingerprint density at radius 1 is 1.24 bits per heavy atom. The van der Waals surface area contributed by atoms with Gasteiger partial charge in [-0.05, 0) is 37.0 Å². The quantitative estimate of drug-likeness (QED) is 0.876. The maximum atomic E-state index is 13.0. The molecule has 21 heavy (non-hydrogen) atoms. The van der Waals surface area contributed by atoms with Crippen LogP contribution in [0.1, 0.15) is 31.2 Å². The third-order valence-electron chi connectivity index (χ3n) is 3.80. The maximum Gasteiger partial charge on any atom is 0.308 e. The molecule has 0 saturated heterocycles. The van der Waals surface area contributed by atoms with Crippen molar-refractivity contribution in [3.05, 3.63) is 35.4 Å². The first-order valence-electron chi connectivity index (χ1n) is 6.93. The molecule has 0 radical (unpaired) electrons. The first-order valence-corrected chi connectivity index (χ1v) is 6.93. The van der Waals surface area contributed by atoms with Crippen LogP contribution >= 0.6 is 0 Å². The second-order valence-corrected chi connectivity index (χ2v) is 5.30. The minimum Gasteiger partial charge on any atom is -0.481 e. The molecule has 0 spiro atoms. The molecule has 0 bridgehead atoms. The molecule has 2 N–H and O–H groups in total. The number of amides is 1. The van der Waals surface area contributed by atoms with Crippen molar-refractivity contribution >= 4 is 11.9 Å². The lowest BCUT2D eigenvalue weighted by Gasteiger charge is -2.17. The first kappa shape index (κ1) is 15.4. The molecular formula is C15H17F2NO3. The third kappa shape index (κ3) is 4.00. The molecule has 1 aromatic carbocycles. The number of rotatable bonds is 5. The summed E-state index contributed by atoms with van der Waals surface area (Å²) in [6.07, 6.45) is 2.42. The van der Waals surface area contributed by atoms with E-state index in [4.69, 9.17) is 5.11 Å². The Balaban J connectivity index is 1.84. The van der Waals surface area contributed by atoms with E-state index in [-0.39, 0.29) is 24.8 Å². The highest BCUT2D eigenvalue weighted by atomic mass is 19.2. The van der Waals surface area contributed by atoms with E-state index in [9.17, 15) is 18.4 Å². The van der Waals surface area contributed by atoms with Crippen LogP contribution in [0, 0.1) is 17.6 Å². The fourth-order valence-electron chi connectivity index (χ4n) is 2.66. The largest absolute Gasteiger partial charge is 0.481 e. The van der Waals surface area contributed by atoms with E-state index < -0.39 is 23.5 Å². The fourth-order valence-corrected chi connectivity index (χ4v) is 2.66. The molecule has 114 valence electrons. The SMILES string of the molecule is O=C(CCc1ccc(F)c(F)c1)NC1CCCC1C(=O)O. The van der Waals surface area contributed by atoms with Crippen LogP contribution in [0.5, 0.6) is 0 Å². The lowest BCUT2D eigenvalue weighted by molar-refractivity contribution is -0.142. The monoisotopic (exact) mass is 297 g/mol. The number of carboxylic acid groups (broad SMARTS) is 1. The van der Waals surface area contributed by atoms with Gasteiger partial charge in [0.1, 0.15) is 0 Å². The highest BCUT2D eigenvalue weighted by Crippen LogP contribution is 2.25. The van der Waals surface area contributed by atoms with Gasteiger partial charge < -0.3 is 10.4 Å². The van der Waals surface area contributed by atoms with Gasteiger partial charge in [0.2, 0.25) is 5.91 Å². The summed E-state index contributed by atoms with van der Waals surface area (Å²) < 4.78 is 25.8. The number of aliphatic carboxylic acids is 1. The summed E-state index contributed by atoms with van der Waals surface area (Å²) in [5.74, 6) is -3.54. The predicted octanol–water partition coefficient (Wildman–Crippen LogP) is 2.27. The zero-order valence-electron chi connectivity index (χ0n) is 11.4. The zero-order valence-corrected chi connectivity index (χ0v) is 11.4. The number of hydrogen-bond acceptors (Lipinski definition) is 2. The Kier molecular flexibility index (Phi) is 4.88. The molecule has 1 aromatic rings. The smallest absolute Gasteiger partial charge is 0.308 e. The van der Waals surface area contributed by atoms with Crippen molar-refractivity contribution < 1.29 is 23.5 Å². The normalized spacial score (nSPS) is 21.2. The number of carbonyl (C=O) groups is 2. The number of aryl methyl sites for hydroxylation is 1. The van der Waals surface area contributed by atoms with E-state index >= 15 is 0 Å². The van der Waals surface area contributed by atoms with Crippen LogP contribution in [0.2, 0.25) is 0 Å². The van der Waals surface area contributed by atoms with Crippen LogP contribution in [-0.4, -0.2) is 23.0 Å². The fraction of sp³-hybridized carbons (Fsp3) is 0.467. The molecule has 1 saturated carbocycles. The number of nitrogens with one attached hydrogen (secondary N) is 1. The number of carbonyl (C=O) groups excluding carboxylic acids is 1. The van der Waals surface area contributed by atoms with Crippen molar-refractivity contribution in [3.8, 4) is 0 Å². The van der Waals surface area contributed by atoms with Crippen molar-refractivity contribution in [3.63, 3.8) is 0 Å². The summed E-state index contributed by atoms with van der Waals surface area (Å²) in [7, 11) is 0. The Morgan fingerprint density at radius 2 is 2.00 bits per heavy atom. The van der Waals surface area contributed by atoms with Crippen molar-refractivity contribution in [2.45, 2.75) is 38.1 Å². The minimum absolute atomic E-state index is 0.119. The van der Waals surface area contributed by atoms with Crippen LogP contribution in [0.15, 0.2) is 18.2 Å². The molecule has 0 heterocycles. The molecule has 0 aromatic heterocycles. The highest BCUT2D eigenvalue weighted by molar-refractivity contribution is 5.78. The summed E-state index contributed by atoms with van der Waals surface area (Å²) in [6.45, 7) is 0. The lowest BCUT2D eigenvalue weighted by atomic mass is 10.0. The summed E-state index contributed by atoms with van der Waals surface area (Å²) >= 11 is 0. The molecular weight excluding hydrogens is 280 g/mol. The van der Waals surface area contributed by atoms with Crippen molar-refractivity contribution in [1.29, 1.82) is 0 Å². The van der Waals surface area contributed by atoms with Gasteiger partial charge >= 0.3 is 5.97 Å². The van der Waals surface area contributed by atoms with Crippen LogP contribution < -0.4 is 5.32 Å². The van der Waals surface area contributed by atoms with Crippen molar-refractivity contribution in [2.75, 3.05) is 0 Å². The van der Waals surface area contributed by atoms with Gasteiger partial charge in [0.15, 0.2) is 11.6 Å². The van der Waals surface area contributed by atoms with Gasteiger partial charge in [-0.2, -0.15) is 0 Å². The Hall–Kier alpha value is -1.98. The van der Waals surface area contributed by atoms with Gasteiger partial charge in [0.25, 0.3) is 0 Å². The maximum absolute atomic E-state index is 13.0. The second-order valence-electron chi connectivity index (χ2n) is 5.30. The van der Waals surface area contributed by atoms with Crippen molar-refractivity contribution in [2.24, 2.45) is 5.92 Å². The molecule has 2 rings (SSSR count). The lowest BCUT2D eigenvalue weighted by Crippen LogP contribution is -2.40. The zero-order chi connectivity index (χ0) is 15.4. The standard InChI is InChI=1S/C15H17F2NO3/c16-11-6-4-9(8-12(11)17)5-7-14(19)18-13-3-1-2-10(13)15(20)21/h4,6,8,10,13H,1-3,5,7H2,(H,18,19)(H,20,21). The number of carboxylic acids is 1. The van der Waals surface area contributed by atoms with E-state index in [1.807, 2.05) is 0 Å². The van der Waals surface area contributed by atoms with E-state index in [0.717, 1.165) is 18.6 Å².